The first-order valence-corrected chi connectivity index (χ1v) is 11.9. The van der Waals surface area contributed by atoms with Crippen LogP contribution in [0, 0.1) is 5.92 Å². The van der Waals surface area contributed by atoms with E-state index in [1.165, 1.54) is 10.4 Å². The lowest BCUT2D eigenvalue weighted by atomic mass is 9.98. The number of benzene rings is 1. The number of aromatic nitrogens is 2. The van der Waals surface area contributed by atoms with E-state index in [2.05, 4.69) is 10.3 Å². The number of halogens is 1. The summed E-state index contributed by atoms with van der Waals surface area (Å²) in [7, 11) is -3.46. The summed E-state index contributed by atoms with van der Waals surface area (Å²) in [5.74, 6) is 0.0141. The molecule has 3 aromatic rings. The second-order valence-electron chi connectivity index (χ2n) is 7.46. The van der Waals surface area contributed by atoms with Gasteiger partial charge in [-0.2, -0.15) is 4.31 Å². The molecule has 0 unspecified atom stereocenters. The molecule has 0 saturated carbocycles. The molecule has 1 amide bonds. The third kappa shape index (κ3) is 4.81. The number of pyridine rings is 1. The minimum absolute atomic E-state index is 0.221. The van der Waals surface area contributed by atoms with Crippen molar-refractivity contribution in [3.05, 3.63) is 71.7 Å². The number of carbonyl (C=O) groups is 1. The van der Waals surface area contributed by atoms with Crippen LogP contribution in [0.4, 0.5) is 0 Å². The van der Waals surface area contributed by atoms with Gasteiger partial charge in [-0.15, -0.1) is 0 Å². The Kier molecular flexibility index (Phi) is 6.41. The van der Waals surface area contributed by atoms with Gasteiger partial charge in [-0.1, -0.05) is 35.9 Å². The van der Waals surface area contributed by atoms with Gasteiger partial charge in [-0.25, -0.2) is 13.4 Å². The quantitative estimate of drug-likeness (QED) is 0.575. The number of fused-ring (bicyclic) bond motifs is 1. The van der Waals surface area contributed by atoms with Crippen LogP contribution in [-0.2, 0) is 14.8 Å². The summed E-state index contributed by atoms with van der Waals surface area (Å²) in [6.45, 7) is 1.40. The molecule has 1 saturated heterocycles. The molecule has 4 rings (SSSR count). The highest BCUT2D eigenvalue weighted by atomic mass is 35.5. The normalized spacial score (nSPS) is 16.2. The maximum absolute atomic E-state index is 12.7. The van der Waals surface area contributed by atoms with Gasteiger partial charge in [-0.3, -0.25) is 9.20 Å². The zero-order valence-electron chi connectivity index (χ0n) is 16.8. The summed E-state index contributed by atoms with van der Waals surface area (Å²) >= 11 is 6.18. The predicted molar refractivity (Wildman–Crippen MR) is 120 cm³/mol. The van der Waals surface area contributed by atoms with Crippen LogP contribution in [0.2, 0.25) is 5.15 Å². The Morgan fingerprint density at radius 1 is 1.13 bits per heavy atom. The van der Waals surface area contributed by atoms with Gasteiger partial charge >= 0.3 is 0 Å². The molecule has 9 heteroatoms. The largest absolute Gasteiger partial charge is 0.352 e. The van der Waals surface area contributed by atoms with E-state index in [9.17, 15) is 13.2 Å². The number of rotatable bonds is 6. The van der Waals surface area contributed by atoms with Crippen molar-refractivity contribution in [2.24, 2.45) is 5.92 Å². The topological polar surface area (TPSA) is 83.8 Å². The fourth-order valence-electron chi connectivity index (χ4n) is 3.69. The Morgan fingerprint density at radius 2 is 1.84 bits per heavy atom. The lowest BCUT2D eigenvalue weighted by Gasteiger charge is -2.31. The van der Waals surface area contributed by atoms with Crippen LogP contribution in [0.5, 0.6) is 0 Å². The van der Waals surface area contributed by atoms with Gasteiger partial charge in [0.2, 0.25) is 15.9 Å². The number of imidazole rings is 1. The number of sulfonamides is 1. The monoisotopic (exact) mass is 458 g/mol. The van der Waals surface area contributed by atoms with Crippen LogP contribution in [0.15, 0.2) is 65.7 Å². The van der Waals surface area contributed by atoms with Crippen LogP contribution in [-0.4, -0.2) is 47.6 Å². The Bertz CT molecular complexity index is 1200. The third-order valence-corrected chi connectivity index (χ3v) is 7.63. The second kappa shape index (κ2) is 9.21. The molecular formula is C22H23ClN4O3S. The first-order valence-electron chi connectivity index (χ1n) is 10.1. The maximum Gasteiger partial charge on any atom is 0.244 e. The van der Waals surface area contributed by atoms with Gasteiger partial charge in [-0.05, 0) is 49.1 Å². The van der Waals surface area contributed by atoms with E-state index in [0.29, 0.717) is 53.9 Å². The molecule has 0 bridgehead atoms. The van der Waals surface area contributed by atoms with E-state index >= 15 is 0 Å². The van der Waals surface area contributed by atoms with E-state index < -0.39 is 10.0 Å². The van der Waals surface area contributed by atoms with Crippen molar-refractivity contribution in [1.82, 2.24) is 19.0 Å². The first-order chi connectivity index (χ1) is 14.9. The smallest absolute Gasteiger partial charge is 0.244 e. The van der Waals surface area contributed by atoms with E-state index in [4.69, 9.17) is 11.6 Å². The average Bonchev–Trinajstić information content (AvgIpc) is 3.12. The Balaban J connectivity index is 1.29. The molecule has 0 radical (unpaired) electrons. The molecule has 162 valence electrons. The van der Waals surface area contributed by atoms with Gasteiger partial charge in [0.05, 0.1) is 10.6 Å². The van der Waals surface area contributed by atoms with Gasteiger partial charge in [0.25, 0.3) is 0 Å². The van der Waals surface area contributed by atoms with Gasteiger partial charge in [0.15, 0.2) is 5.15 Å². The lowest BCUT2D eigenvalue weighted by Crippen LogP contribution is -2.41. The Morgan fingerprint density at radius 3 is 2.58 bits per heavy atom. The molecule has 0 spiro atoms. The zero-order valence-corrected chi connectivity index (χ0v) is 18.4. The molecule has 3 heterocycles. The Hall–Kier alpha value is -2.68. The highest BCUT2D eigenvalue weighted by Crippen LogP contribution is 2.23. The Labute approximate surface area is 186 Å². The molecule has 1 aliphatic rings. The third-order valence-electron chi connectivity index (χ3n) is 5.43. The minimum Gasteiger partial charge on any atom is -0.352 e. The zero-order chi connectivity index (χ0) is 21.8. The molecule has 31 heavy (non-hydrogen) atoms. The van der Waals surface area contributed by atoms with E-state index in [0.717, 1.165) is 0 Å². The second-order valence-corrected chi connectivity index (χ2v) is 9.75. The van der Waals surface area contributed by atoms with Gasteiger partial charge < -0.3 is 5.32 Å². The first kappa shape index (κ1) is 21.5. The van der Waals surface area contributed by atoms with Gasteiger partial charge in [0, 0.05) is 31.9 Å². The van der Waals surface area contributed by atoms with Crippen LogP contribution in [0.3, 0.4) is 0 Å². The SMILES string of the molecule is O=C(/C=C/c1c(Cl)nc2ccccn12)NCC1CCN(S(=O)(=O)c2ccccc2)CC1. The van der Waals surface area contributed by atoms with Crippen LogP contribution >= 0.6 is 11.6 Å². The summed E-state index contributed by atoms with van der Waals surface area (Å²) in [6, 6.07) is 14.1. The van der Waals surface area contributed by atoms with E-state index in [1.54, 1.807) is 36.4 Å². The molecule has 0 atom stereocenters. The minimum atomic E-state index is -3.46. The van der Waals surface area contributed by atoms with Crippen molar-refractivity contribution in [3.63, 3.8) is 0 Å². The number of hydrogen-bond donors (Lipinski definition) is 1. The molecule has 1 fully saturated rings. The number of amides is 1. The lowest BCUT2D eigenvalue weighted by molar-refractivity contribution is -0.116. The number of nitrogens with one attached hydrogen (secondary N) is 1. The average molecular weight is 459 g/mol. The molecular weight excluding hydrogens is 436 g/mol. The number of carbonyl (C=O) groups excluding carboxylic acids is 1. The highest BCUT2D eigenvalue weighted by molar-refractivity contribution is 7.89. The maximum atomic E-state index is 12.7. The fraction of sp³-hybridized carbons (Fsp3) is 0.273. The van der Waals surface area contributed by atoms with Crippen molar-refractivity contribution < 1.29 is 13.2 Å². The summed E-state index contributed by atoms with van der Waals surface area (Å²) in [6.07, 6.45) is 6.33. The van der Waals surface area contributed by atoms with E-state index in [-0.39, 0.29) is 11.8 Å². The summed E-state index contributed by atoms with van der Waals surface area (Å²) < 4.78 is 28.8. The van der Waals surface area contributed by atoms with Crippen molar-refractivity contribution >= 4 is 39.3 Å². The predicted octanol–water partition coefficient (Wildman–Crippen LogP) is 3.22. The highest BCUT2D eigenvalue weighted by Gasteiger charge is 2.29. The fourth-order valence-corrected chi connectivity index (χ4v) is 5.42. The molecule has 1 aliphatic heterocycles. The number of hydrogen-bond acceptors (Lipinski definition) is 4. The summed E-state index contributed by atoms with van der Waals surface area (Å²) in [5, 5.41) is 3.24. The van der Waals surface area contributed by atoms with Crippen LogP contribution < -0.4 is 5.32 Å². The van der Waals surface area contributed by atoms with Crippen molar-refractivity contribution in [2.45, 2.75) is 17.7 Å². The standard InChI is InChI=1S/C22H23ClN4O3S/c23-22-19(27-13-5-4-8-20(27)25-22)9-10-21(28)24-16-17-11-14-26(15-12-17)31(29,30)18-6-2-1-3-7-18/h1-10,13,17H,11-12,14-16H2,(H,24,28)/b10-9+. The molecule has 7 nitrogen and oxygen atoms in total. The summed E-state index contributed by atoms with van der Waals surface area (Å²) in [5.41, 5.74) is 1.36. The van der Waals surface area contributed by atoms with Crippen molar-refractivity contribution in [2.75, 3.05) is 19.6 Å². The van der Waals surface area contributed by atoms with Gasteiger partial charge in [0.1, 0.15) is 5.65 Å². The van der Waals surface area contributed by atoms with Crippen molar-refractivity contribution in [3.8, 4) is 0 Å². The molecule has 2 aromatic heterocycles. The van der Waals surface area contributed by atoms with Crippen molar-refractivity contribution in [1.29, 1.82) is 0 Å². The molecule has 1 N–H and O–H groups in total. The number of piperidine rings is 1. The molecule has 0 aliphatic carbocycles. The summed E-state index contributed by atoms with van der Waals surface area (Å²) in [4.78, 5) is 16.8. The van der Waals surface area contributed by atoms with Crippen LogP contribution in [0.1, 0.15) is 18.5 Å². The van der Waals surface area contributed by atoms with Crippen LogP contribution in [0.25, 0.3) is 11.7 Å². The van der Waals surface area contributed by atoms with E-state index in [1.807, 2.05) is 28.8 Å². The number of nitrogens with zero attached hydrogens (tertiary/aromatic N) is 3. The molecule has 1 aromatic carbocycles.